The fourth-order valence-electron chi connectivity index (χ4n) is 2.02. The molecule has 142 valence electrons. The molecule has 0 atom stereocenters. The van der Waals surface area contributed by atoms with Crippen LogP contribution in [0.5, 0.6) is 5.75 Å². The van der Waals surface area contributed by atoms with Crippen LogP contribution in [-0.4, -0.2) is 27.9 Å². The van der Waals surface area contributed by atoms with E-state index in [1.807, 2.05) is 64.3 Å². The Hall–Kier alpha value is -1.53. The zero-order valence-electron chi connectivity index (χ0n) is 16.3. The lowest BCUT2D eigenvalue weighted by Crippen LogP contribution is -2.36. The molecule has 0 unspecified atom stereocenters. The Morgan fingerprint density at radius 3 is 2.42 bits per heavy atom. The summed E-state index contributed by atoms with van der Waals surface area (Å²) in [4.78, 5) is 17.0. The van der Waals surface area contributed by atoms with Gasteiger partial charge >= 0.3 is 5.97 Å². The first kappa shape index (κ1) is 20.8. The Labute approximate surface area is 164 Å². The van der Waals surface area contributed by atoms with Crippen molar-refractivity contribution in [1.29, 1.82) is 0 Å². The van der Waals surface area contributed by atoms with Crippen LogP contribution in [-0.2, 0) is 16.0 Å². The van der Waals surface area contributed by atoms with Crippen LogP contribution in [0.2, 0.25) is 0 Å². The molecule has 0 fully saturated rings. The molecule has 0 aliphatic rings. The molecule has 2 rings (SSSR count). The molecule has 26 heavy (non-hydrogen) atoms. The van der Waals surface area contributed by atoms with Gasteiger partial charge in [-0.1, -0.05) is 29.5 Å². The van der Waals surface area contributed by atoms with Gasteiger partial charge in [0.25, 0.3) is 0 Å². The molecular weight excluding hydrogens is 366 g/mol. The number of carbonyl (C=O) groups is 1. The van der Waals surface area contributed by atoms with E-state index >= 15 is 0 Å². The third-order valence-electron chi connectivity index (χ3n) is 3.41. The molecule has 1 aromatic heterocycles. The average Bonchev–Trinajstić information content (AvgIpc) is 2.94. The number of aromatic nitrogens is 1. The van der Waals surface area contributed by atoms with E-state index in [4.69, 9.17) is 9.47 Å². The normalized spacial score (nSPS) is 12.1. The summed E-state index contributed by atoms with van der Waals surface area (Å²) in [6.07, 6.45) is 0.734. The summed E-state index contributed by atoms with van der Waals surface area (Å²) in [7, 11) is 0. The standard InChI is InChI=1S/C20H27NO3S2/c1-14-7-9-16(10-8-14)23-12-11-15-13-25-18(21-15)26-20(5,6)17(22)24-19(2,3)4/h7-10,13H,11-12H2,1-6H3. The van der Waals surface area contributed by atoms with E-state index in [1.165, 1.54) is 17.3 Å². The first-order valence-corrected chi connectivity index (χ1v) is 10.3. The minimum Gasteiger partial charge on any atom is -0.493 e. The van der Waals surface area contributed by atoms with Crippen molar-refractivity contribution in [2.24, 2.45) is 0 Å². The number of nitrogens with zero attached hydrogens (tertiary/aromatic N) is 1. The number of thiazole rings is 1. The lowest BCUT2D eigenvalue weighted by atomic mass is 10.1. The average molecular weight is 394 g/mol. The monoisotopic (exact) mass is 393 g/mol. The van der Waals surface area contributed by atoms with E-state index in [0.29, 0.717) is 6.61 Å². The summed E-state index contributed by atoms with van der Waals surface area (Å²) in [5.74, 6) is 0.640. The van der Waals surface area contributed by atoms with Crippen LogP contribution >= 0.6 is 23.1 Å². The molecule has 1 aromatic carbocycles. The maximum Gasteiger partial charge on any atom is 0.322 e. The van der Waals surface area contributed by atoms with Crippen LogP contribution < -0.4 is 4.74 Å². The van der Waals surface area contributed by atoms with E-state index in [0.717, 1.165) is 22.2 Å². The van der Waals surface area contributed by atoms with Crippen LogP contribution in [0.15, 0.2) is 34.0 Å². The molecule has 0 aliphatic carbocycles. The molecule has 0 bridgehead atoms. The molecule has 0 spiro atoms. The zero-order chi connectivity index (χ0) is 19.4. The number of carbonyl (C=O) groups excluding carboxylic acids is 1. The summed E-state index contributed by atoms with van der Waals surface area (Å²) >= 11 is 2.99. The van der Waals surface area contributed by atoms with E-state index < -0.39 is 10.3 Å². The van der Waals surface area contributed by atoms with Gasteiger partial charge in [0.2, 0.25) is 0 Å². The van der Waals surface area contributed by atoms with E-state index in [2.05, 4.69) is 11.9 Å². The highest BCUT2D eigenvalue weighted by atomic mass is 32.2. The van der Waals surface area contributed by atoms with Crippen LogP contribution in [0.25, 0.3) is 0 Å². The Bertz CT molecular complexity index is 730. The quantitative estimate of drug-likeness (QED) is 0.473. The lowest BCUT2D eigenvalue weighted by molar-refractivity contribution is -0.156. The Morgan fingerprint density at radius 2 is 1.81 bits per heavy atom. The van der Waals surface area contributed by atoms with Crippen molar-refractivity contribution in [3.05, 3.63) is 40.9 Å². The highest BCUT2D eigenvalue weighted by Gasteiger charge is 2.34. The summed E-state index contributed by atoms with van der Waals surface area (Å²) in [5, 5.41) is 2.02. The molecule has 0 amide bonds. The van der Waals surface area contributed by atoms with Crippen LogP contribution in [0, 0.1) is 6.92 Å². The number of benzene rings is 1. The first-order valence-electron chi connectivity index (χ1n) is 8.61. The number of ether oxygens (including phenoxy) is 2. The van der Waals surface area contributed by atoms with Crippen LogP contribution in [0.4, 0.5) is 0 Å². The second-order valence-corrected chi connectivity index (χ2v) is 10.4. The predicted molar refractivity (Wildman–Crippen MR) is 108 cm³/mol. The third kappa shape index (κ3) is 6.65. The molecule has 0 aliphatic heterocycles. The number of hydrogen-bond donors (Lipinski definition) is 0. The lowest BCUT2D eigenvalue weighted by Gasteiger charge is -2.27. The smallest absolute Gasteiger partial charge is 0.322 e. The molecule has 0 radical (unpaired) electrons. The number of thioether (sulfide) groups is 1. The minimum atomic E-state index is -0.680. The molecule has 1 heterocycles. The van der Waals surface area contributed by atoms with Crippen LogP contribution in [0.3, 0.4) is 0 Å². The summed E-state index contributed by atoms with van der Waals surface area (Å²) in [6, 6.07) is 8.01. The van der Waals surface area contributed by atoms with Crippen molar-refractivity contribution in [1.82, 2.24) is 4.98 Å². The molecule has 2 aromatic rings. The van der Waals surface area contributed by atoms with Crippen molar-refractivity contribution < 1.29 is 14.3 Å². The van der Waals surface area contributed by atoms with Gasteiger partial charge in [0.15, 0.2) is 4.34 Å². The molecule has 6 heteroatoms. The van der Waals surface area contributed by atoms with E-state index in [-0.39, 0.29) is 5.97 Å². The van der Waals surface area contributed by atoms with Crippen molar-refractivity contribution >= 4 is 29.1 Å². The third-order valence-corrected chi connectivity index (χ3v) is 5.58. The van der Waals surface area contributed by atoms with Crippen molar-refractivity contribution in [3.8, 4) is 5.75 Å². The van der Waals surface area contributed by atoms with Gasteiger partial charge < -0.3 is 9.47 Å². The topological polar surface area (TPSA) is 48.4 Å². The summed E-state index contributed by atoms with van der Waals surface area (Å²) in [5.41, 5.74) is 1.70. The first-order chi connectivity index (χ1) is 12.0. The van der Waals surface area contributed by atoms with Gasteiger partial charge in [-0.25, -0.2) is 4.98 Å². The molecule has 4 nitrogen and oxygen atoms in total. The van der Waals surface area contributed by atoms with E-state index in [1.54, 1.807) is 11.3 Å². The molecule has 0 N–H and O–H groups in total. The van der Waals surface area contributed by atoms with Crippen molar-refractivity contribution in [3.63, 3.8) is 0 Å². The van der Waals surface area contributed by atoms with E-state index in [9.17, 15) is 4.79 Å². The Balaban J connectivity index is 1.86. The van der Waals surface area contributed by atoms with Crippen LogP contribution in [0.1, 0.15) is 45.9 Å². The summed E-state index contributed by atoms with van der Waals surface area (Å²) in [6.45, 7) is 12.0. The van der Waals surface area contributed by atoms with Gasteiger partial charge in [-0.2, -0.15) is 0 Å². The second kappa shape index (κ2) is 8.44. The number of esters is 1. The number of aryl methyl sites for hydroxylation is 1. The van der Waals surface area contributed by atoms with Crippen molar-refractivity contribution in [2.45, 2.75) is 62.7 Å². The Morgan fingerprint density at radius 1 is 1.15 bits per heavy atom. The fraction of sp³-hybridized carbons (Fsp3) is 0.500. The molecular formula is C20H27NO3S2. The maximum absolute atomic E-state index is 12.4. The van der Waals surface area contributed by atoms with Gasteiger partial charge in [-0.05, 0) is 53.7 Å². The molecule has 0 saturated carbocycles. The minimum absolute atomic E-state index is 0.227. The Kier molecular flexibility index (Phi) is 6.74. The highest BCUT2D eigenvalue weighted by Crippen LogP contribution is 2.36. The second-order valence-electron chi connectivity index (χ2n) is 7.63. The predicted octanol–water partition coefficient (Wildman–Crippen LogP) is 5.29. The fourth-order valence-corrected chi connectivity index (χ4v) is 4.28. The molecule has 0 saturated heterocycles. The largest absolute Gasteiger partial charge is 0.493 e. The SMILES string of the molecule is Cc1ccc(OCCc2csc(SC(C)(C)C(=O)OC(C)(C)C)n2)cc1. The van der Waals surface area contributed by atoms with Gasteiger partial charge in [0, 0.05) is 11.8 Å². The van der Waals surface area contributed by atoms with Crippen molar-refractivity contribution in [2.75, 3.05) is 6.61 Å². The zero-order valence-corrected chi connectivity index (χ0v) is 17.9. The van der Waals surface area contributed by atoms with Gasteiger partial charge in [0.05, 0.1) is 12.3 Å². The number of hydrogen-bond acceptors (Lipinski definition) is 6. The van der Waals surface area contributed by atoms with Gasteiger partial charge in [-0.3, -0.25) is 4.79 Å². The number of rotatable bonds is 7. The highest BCUT2D eigenvalue weighted by molar-refractivity contribution is 8.03. The maximum atomic E-state index is 12.4. The summed E-state index contributed by atoms with van der Waals surface area (Å²) < 4.78 is 11.4. The van der Waals surface area contributed by atoms with Gasteiger partial charge in [-0.15, -0.1) is 11.3 Å². The van der Waals surface area contributed by atoms with Gasteiger partial charge in [0.1, 0.15) is 16.1 Å².